The van der Waals surface area contributed by atoms with Crippen molar-refractivity contribution in [1.82, 2.24) is 0 Å². The van der Waals surface area contributed by atoms with Gasteiger partial charge in [-0.25, -0.2) is 0 Å². The van der Waals surface area contributed by atoms with Crippen LogP contribution in [-0.4, -0.2) is 31.6 Å². The van der Waals surface area contributed by atoms with Crippen molar-refractivity contribution in [2.24, 2.45) is 11.5 Å². The summed E-state index contributed by atoms with van der Waals surface area (Å²) < 4.78 is 4.96. The first-order chi connectivity index (χ1) is 8.50. The van der Waals surface area contributed by atoms with Gasteiger partial charge in [0.25, 0.3) is 0 Å². The van der Waals surface area contributed by atoms with Gasteiger partial charge in [-0.1, -0.05) is 0 Å². The lowest BCUT2D eigenvalue weighted by molar-refractivity contribution is -0.122. The van der Waals surface area contributed by atoms with E-state index in [1.165, 1.54) is 0 Å². The van der Waals surface area contributed by atoms with E-state index < -0.39 is 11.8 Å². The average molecular weight is 252 g/mol. The monoisotopic (exact) mass is 252 g/mol. The first-order valence-corrected chi connectivity index (χ1v) is 5.30. The van der Waals surface area contributed by atoms with E-state index in [9.17, 15) is 9.59 Å². The summed E-state index contributed by atoms with van der Waals surface area (Å²) >= 11 is 0. The number of rotatable bonds is 7. The van der Waals surface area contributed by atoms with Crippen LogP contribution in [0.25, 0.3) is 0 Å². The van der Waals surface area contributed by atoms with Crippen molar-refractivity contribution in [1.29, 1.82) is 0 Å². The lowest BCUT2D eigenvalue weighted by Crippen LogP contribution is -2.21. The van der Waals surface area contributed by atoms with Gasteiger partial charge in [0.2, 0.25) is 11.8 Å². The highest BCUT2D eigenvalue weighted by Gasteiger charge is 2.04. The van der Waals surface area contributed by atoms with E-state index >= 15 is 0 Å². The Morgan fingerprint density at radius 3 is 2.61 bits per heavy atom. The lowest BCUT2D eigenvalue weighted by atomic mass is 10.1. The zero-order valence-electron chi connectivity index (χ0n) is 9.81. The van der Waals surface area contributed by atoms with E-state index in [1.807, 2.05) is 0 Å². The second-order valence-corrected chi connectivity index (χ2v) is 3.61. The highest BCUT2D eigenvalue weighted by molar-refractivity contribution is 5.94. The quantitative estimate of drug-likeness (QED) is 0.375. The van der Waals surface area contributed by atoms with Gasteiger partial charge in [-0.3, -0.25) is 9.59 Å². The molecule has 0 unspecified atom stereocenters. The standard InChI is InChI=1S/C11H16N4O3/c12-8-2-1-7(11(14)17)5-9(8)15-3-4-18-6-10(13)16/h1-2,5,15H,3-4,6,12H2,(H2,13,16)(H2,14,17). The van der Waals surface area contributed by atoms with E-state index in [0.29, 0.717) is 30.1 Å². The minimum atomic E-state index is -0.525. The van der Waals surface area contributed by atoms with Crippen molar-refractivity contribution in [2.45, 2.75) is 0 Å². The molecular formula is C11H16N4O3. The van der Waals surface area contributed by atoms with Crippen molar-refractivity contribution in [3.05, 3.63) is 23.8 Å². The molecule has 1 aromatic rings. The van der Waals surface area contributed by atoms with Crippen molar-refractivity contribution in [2.75, 3.05) is 30.8 Å². The average Bonchev–Trinajstić information content (AvgIpc) is 2.30. The molecule has 0 aliphatic carbocycles. The van der Waals surface area contributed by atoms with Gasteiger partial charge in [-0.15, -0.1) is 0 Å². The number of nitrogen functional groups attached to an aromatic ring is 1. The number of anilines is 2. The Bertz CT molecular complexity index is 448. The summed E-state index contributed by atoms with van der Waals surface area (Å²) in [5.41, 5.74) is 17.2. The molecule has 0 bridgehead atoms. The summed E-state index contributed by atoms with van der Waals surface area (Å²) in [6, 6.07) is 4.70. The molecule has 0 spiro atoms. The van der Waals surface area contributed by atoms with Crippen LogP contribution < -0.4 is 22.5 Å². The molecule has 7 heteroatoms. The molecule has 1 aromatic carbocycles. The fraction of sp³-hybridized carbons (Fsp3) is 0.273. The minimum Gasteiger partial charge on any atom is -0.397 e. The van der Waals surface area contributed by atoms with E-state index in [4.69, 9.17) is 21.9 Å². The van der Waals surface area contributed by atoms with Gasteiger partial charge in [0.05, 0.1) is 18.0 Å². The number of ether oxygens (including phenoxy) is 1. The summed E-state index contributed by atoms with van der Waals surface area (Å²) in [5.74, 6) is -1.05. The number of primary amides is 2. The molecule has 0 fully saturated rings. The normalized spacial score (nSPS) is 10.0. The molecule has 98 valence electrons. The maximum absolute atomic E-state index is 11.0. The number of nitrogens with one attached hydrogen (secondary N) is 1. The summed E-state index contributed by atoms with van der Waals surface area (Å²) in [4.78, 5) is 21.4. The van der Waals surface area contributed by atoms with Gasteiger partial charge in [-0.05, 0) is 18.2 Å². The number of carbonyl (C=O) groups excluding carboxylic acids is 2. The third-order valence-electron chi connectivity index (χ3n) is 2.14. The van der Waals surface area contributed by atoms with Crippen molar-refractivity contribution >= 4 is 23.2 Å². The zero-order valence-corrected chi connectivity index (χ0v) is 9.81. The Kier molecular flexibility index (Phi) is 4.94. The van der Waals surface area contributed by atoms with Gasteiger partial charge in [0.1, 0.15) is 6.61 Å². The second kappa shape index (κ2) is 6.45. The first kappa shape index (κ1) is 13.8. The number of carbonyl (C=O) groups is 2. The lowest BCUT2D eigenvalue weighted by Gasteiger charge is -2.10. The van der Waals surface area contributed by atoms with E-state index in [2.05, 4.69) is 5.32 Å². The van der Waals surface area contributed by atoms with Crippen molar-refractivity contribution in [3.63, 3.8) is 0 Å². The largest absolute Gasteiger partial charge is 0.397 e. The highest BCUT2D eigenvalue weighted by Crippen LogP contribution is 2.19. The number of hydrogen-bond acceptors (Lipinski definition) is 5. The summed E-state index contributed by atoms with van der Waals surface area (Å²) in [6.45, 7) is 0.599. The first-order valence-electron chi connectivity index (χ1n) is 5.30. The van der Waals surface area contributed by atoms with Gasteiger partial charge in [0.15, 0.2) is 0 Å². The van der Waals surface area contributed by atoms with Crippen molar-refractivity contribution in [3.8, 4) is 0 Å². The molecule has 1 rings (SSSR count). The molecule has 7 nitrogen and oxygen atoms in total. The second-order valence-electron chi connectivity index (χ2n) is 3.61. The van der Waals surface area contributed by atoms with Crippen molar-refractivity contribution < 1.29 is 14.3 Å². The van der Waals surface area contributed by atoms with Gasteiger partial charge in [0, 0.05) is 12.1 Å². The molecule has 0 saturated heterocycles. The van der Waals surface area contributed by atoms with Crippen LogP contribution in [0.1, 0.15) is 10.4 Å². The Labute approximate surface area is 104 Å². The van der Waals surface area contributed by atoms with Gasteiger partial charge >= 0.3 is 0 Å². The van der Waals surface area contributed by atoms with Crippen LogP contribution in [0.3, 0.4) is 0 Å². The van der Waals surface area contributed by atoms with Crippen LogP contribution in [0.2, 0.25) is 0 Å². The molecule has 0 atom stereocenters. The molecule has 2 amide bonds. The molecule has 0 heterocycles. The van der Waals surface area contributed by atoms with Crippen LogP contribution >= 0.6 is 0 Å². The SMILES string of the molecule is NC(=O)COCCNc1cc(C(N)=O)ccc1N. The molecule has 0 aliphatic heterocycles. The Morgan fingerprint density at radius 1 is 1.28 bits per heavy atom. The Morgan fingerprint density at radius 2 is 2.00 bits per heavy atom. The zero-order chi connectivity index (χ0) is 13.5. The van der Waals surface area contributed by atoms with Crippen LogP contribution in [0.15, 0.2) is 18.2 Å². The summed E-state index contributed by atoms with van der Waals surface area (Å²) in [6.07, 6.45) is 0. The molecule has 0 saturated carbocycles. The third kappa shape index (κ3) is 4.30. The van der Waals surface area contributed by atoms with Crippen LogP contribution in [0.5, 0.6) is 0 Å². The minimum absolute atomic E-state index is 0.127. The number of nitrogens with two attached hydrogens (primary N) is 3. The van der Waals surface area contributed by atoms with E-state index in [-0.39, 0.29) is 6.61 Å². The van der Waals surface area contributed by atoms with E-state index in [0.717, 1.165) is 0 Å². The van der Waals surface area contributed by atoms with Gasteiger partial charge in [-0.2, -0.15) is 0 Å². The highest BCUT2D eigenvalue weighted by atomic mass is 16.5. The Hall–Kier alpha value is -2.28. The number of benzene rings is 1. The fourth-order valence-corrected chi connectivity index (χ4v) is 1.29. The summed E-state index contributed by atoms with van der Waals surface area (Å²) in [5, 5.41) is 2.97. The predicted octanol–water partition coefficient (Wildman–Crippen LogP) is -0.718. The number of amides is 2. The maximum atomic E-state index is 11.0. The predicted molar refractivity (Wildman–Crippen MR) is 67.9 cm³/mol. The molecule has 0 aliphatic rings. The Balaban J connectivity index is 2.48. The van der Waals surface area contributed by atoms with Crippen LogP contribution in [0, 0.1) is 0 Å². The molecular weight excluding hydrogens is 236 g/mol. The number of hydrogen-bond donors (Lipinski definition) is 4. The van der Waals surface area contributed by atoms with Crippen LogP contribution in [0.4, 0.5) is 11.4 Å². The van der Waals surface area contributed by atoms with Gasteiger partial charge < -0.3 is 27.3 Å². The van der Waals surface area contributed by atoms with Crippen LogP contribution in [-0.2, 0) is 9.53 Å². The smallest absolute Gasteiger partial charge is 0.248 e. The molecule has 18 heavy (non-hydrogen) atoms. The molecule has 7 N–H and O–H groups in total. The van der Waals surface area contributed by atoms with E-state index in [1.54, 1.807) is 18.2 Å². The topological polar surface area (TPSA) is 133 Å². The fourth-order valence-electron chi connectivity index (χ4n) is 1.29. The maximum Gasteiger partial charge on any atom is 0.248 e. The molecule has 0 radical (unpaired) electrons. The third-order valence-corrected chi connectivity index (χ3v) is 2.14. The summed E-state index contributed by atoms with van der Waals surface area (Å²) in [7, 11) is 0. The molecule has 0 aromatic heterocycles.